The normalized spacial score (nSPS) is 10.7. The van der Waals surface area contributed by atoms with Crippen LogP contribution >= 0.6 is 0 Å². The summed E-state index contributed by atoms with van der Waals surface area (Å²) in [5.41, 5.74) is 7.79. The van der Waals surface area contributed by atoms with E-state index in [1.165, 1.54) is 18.2 Å². The summed E-state index contributed by atoms with van der Waals surface area (Å²) < 4.78 is 15.5. The number of carboxylic acid groups (broad SMARTS) is 1. The van der Waals surface area contributed by atoms with E-state index in [9.17, 15) is 14.4 Å². The number of nitrogens with zero attached hydrogens (tertiary/aromatic N) is 2. The van der Waals surface area contributed by atoms with Crippen LogP contribution in [0, 0.1) is 24.1 Å². The van der Waals surface area contributed by atoms with Gasteiger partial charge < -0.3 is 15.4 Å². The van der Waals surface area contributed by atoms with Crippen LogP contribution in [0.15, 0.2) is 36.5 Å². The van der Waals surface area contributed by atoms with Gasteiger partial charge in [0.25, 0.3) is 0 Å². The van der Waals surface area contributed by atoms with E-state index >= 15 is 0 Å². The summed E-state index contributed by atoms with van der Waals surface area (Å²) in [6, 6.07) is 9.50. The smallest absolute Gasteiger partial charge is 0.337 e. The van der Waals surface area contributed by atoms with E-state index in [0.29, 0.717) is 27.7 Å². The maximum absolute atomic E-state index is 13.9. The Kier molecular flexibility index (Phi) is 3.26. The number of aryl methyl sites for hydroxylation is 1. The van der Waals surface area contributed by atoms with Crippen LogP contribution in [0.4, 0.5) is 10.1 Å². The van der Waals surface area contributed by atoms with Crippen LogP contribution in [0.3, 0.4) is 0 Å². The molecule has 0 unspecified atom stereocenters. The first-order valence-electron chi connectivity index (χ1n) is 6.77. The number of aromatic carboxylic acids is 1. The molecule has 0 atom stereocenters. The lowest BCUT2D eigenvalue weighted by molar-refractivity contribution is 0.0698. The zero-order valence-electron chi connectivity index (χ0n) is 12.2. The number of hydrogen-bond donors (Lipinski definition) is 2. The largest absolute Gasteiger partial charge is 0.478 e. The van der Waals surface area contributed by atoms with E-state index in [4.69, 9.17) is 10.8 Å². The molecular formula is C17H12FN3O2. The average Bonchev–Trinajstić information content (AvgIpc) is 2.85. The van der Waals surface area contributed by atoms with Crippen molar-refractivity contribution in [3.8, 4) is 11.8 Å². The fraction of sp³-hybridized carbons (Fsp3) is 0.0588. The van der Waals surface area contributed by atoms with Crippen LogP contribution in [0.1, 0.15) is 21.5 Å². The Labute approximate surface area is 131 Å². The minimum Gasteiger partial charge on any atom is -0.478 e. The molecule has 0 bridgehead atoms. The summed E-state index contributed by atoms with van der Waals surface area (Å²) in [6.07, 6.45) is 1.58. The van der Waals surface area contributed by atoms with Gasteiger partial charge in [0, 0.05) is 23.0 Å². The number of nitrogen functional groups attached to an aromatic ring is 1. The Bertz CT molecular complexity index is 999. The summed E-state index contributed by atoms with van der Waals surface area (Å²) in [4.78, 5) is 11.0. The first kappa shape index (κ1) is 14.6. The number of nitriles is 1. The van der Waals surface area contributed by atoms with Crippen LogP contribution in [0.2, 0.25) is 0 Å². The molecule has 0 saturated carbocycles. The number of hydrogen-bond acceptors (Lipinski definition) is 3. The number of carboxylic acids is 1. The second-order valence-electron chi connectivity index (χ2n) is 5.22. The molecule has 114 valence electrons. The summed E-state index contributed by atoms with van der Waals surface area (Å²) in [5.74, 6) is -1.50. The quantitative estimate of drug-likeness (QED) is 0.711. The number of fused-ring (bicyclic) bond motifs is 1. The van der Waals surface area contributed by atoms with Gasteiger partial charge in [0.2, 0.25) is 0 Å². The minimum atomic E-state index is -1.12. The van der Waals surface area contributed by atoms with E-state index in [2.05, 4.69) is 6.07 Å². The number of nitrogens with two attached hydrogens (primary N) is 1. The molecule has 3 rings (SSSR count). The Morgan fingerprint density at radius 2 is 2.09 bits per heavy atom. The molecule has 3 N–H and O–H groups in total. The minimum absolute atomic E-state index is 0.00672. The molecule has 0 aliphatic heterocycles. The lowest BCUT2D eigenvalue weighted by Gasteiger charge is -2.09. The molecule has 0 aliphatic carbocycles. The van der Waals surface area contributed by atoms with E-state index in [1.54, 1.807) is 29.8 Å². The predicted molar refractivity (Wildman–Crippen MR) is 84.1 cm³/mol. The van der Waals surface area contributed by atoms with Gasteiger partial charge in [0.15, 0.2) is 0 Å². The fourth-order valence-corrected chi connectivity index (χ4v) is 2.55. The van der Waals surface area contributed by atoms with Crippen molar-refractivity contribution in [2.75, 3.05) is 5.73 Å². The van der Waals surface area contributed by atoms with E-state index in [1.807, 2.05) is 0 Å². The molecule has 1 heterocycles. The van der Waals surface area contributed by atoms with Crippen molar-refractivity contribution >= 4 is 22.6 Å². The Morgan fingerprint density at radius 3 is 2.70 bits per heavy atom. The van der Waals surface area contributed by atoms with Crippen LogP contribution < -0.4 is 5.73 Å². The van der Waals surface area contributed by atoms with Gasteiger partial charge in [-0.3, -0.25) is 0 Å². The molecule has 1 aromatic heterocycles. The lowest BCUT2D eigenvalue weighted by atomic mass is 10.1. The third-order valence-electron chi connectivity index (χ3n) is 3.75. The molecule has 6 heteroatoms. The number of aromatic nitrogens is 1. The molecule has 0 aliphatic rings. The molecule has 23 heavy (non-hydrogen) atoms. The molecular weight excluding hydrogens is 297 g/mol. The van der Waals surface area contributed by atoms with Crippen molar-refractivity contribution in [3.63, 3.8) is 0 Å². The van der Waals surface area contributed by atoms with Gasteiger partial charge in [-0.05, 0) is 42.8 Å². The standard InChI is InChI=1S/C17H12FN3O2/c1-9-4-13-10(7-19)8-21(16(13)6-14(9)18)11-2-3-12(17(22)23)15(20)5-11/h2-6,8H,20H2,1H3,(H,22,23). The summed E-state index contributed by atoms with van der Waals surface area (Å²) >= 11 is 0. The first-order valence-corrected chi connectivity index (χ1v) is 6.77. The van der Waals surface area contributed by atoms with E-state index < -0.39 is 5.97 Å². The topological polar surface area (TPSA) is 92.0 Å². The summed E-state index contributed by atoms with van der Waals surface area (Å²) in [6.45, 7) is 1.63. The second-order valence-corrected chi connectivity index (χ2v) is 5.22. The summed E-state index contributed by atoms with van der Waals surface area (Å²) in [7, 11) is 0. The zero-order chi connectivity index (χ0) is 16.7. The van der Waals surface area contributed by atoms with Crippen molar-refractivity contribution in [3.05, 3.63) is 59.0 Å². The third-order valence-corrected chi connectivity index (χ3v) is 3.75. The molecule has 5 nitrogen and oxygen atoms in total. The molecule has 0 fully saturated rings. The van der Waals surface area contributed by atoms with E-state index in [0.717, 1.165) is 0 Å². The highest BCUT2D eigenvalue weighted by molar-refractivity contribution is 5.94. The van der Waals surface area contributed by atoms with Gasteiger partial charge in [-0.1, -0.05) is 0 Å². The van der Waals surface area contributed by atoms with Gasteiger partial charge in [-0.15, -0.1) is 0 Å². The monoisotopic (exact) mass is 309 g/mol. The van der Waals surface area contributed by atoms with Crippen molar-refractivity contribution in [2.45, 2.75) is 6.92 Å². The third kappa shape index (κ3) is 2.28. The van der Waals surface area contributed by atoms with Crippen molar-refractivity contribution < 1.29 is 14.3 Å². The van der Waals surface area contributed by atoms with Crippen LogP contribution in [-0.2, 0) is 0 Å². The molecule has 3 aromatic rings. The van der Waals surface area contributed by atoms with Gasteiger partial charge in [0.05, 0.1) is 16.6 Å². The number of rotatable bonds is 2. The maximum atomic E-state index is 13.9. The lowest BCUT2D eigenvalue weighted by Crippen LogP contribution is -2.03. The van der Waals surface area contributed by atoms with Gasteiger partial charge in [-0.25, -0.2) is 9.18 Å². The van der Waals surface area contributed by atoms with Gasteiger partial charge in [0.1, 0.15) is 11.9 Å². The maximum Gasteiger partial charge on any atom is 0.337 e. The zero-order valence-corrected chi connectivity index (χ0v) is 12.2. The predicted octanol–water partition coefficient (Wildman–Crippen LogP) is 3.23. The summed E-state index contributed by atoms with van der Waals surface area (Å²) in [5, 5.41) is 18.9. The Balaban J connectivity index is 2.29. The highest BCUT2D eigenvalue weighted by Crippen LogP contribution is 2.28. The molecule has 0 amide bonds. The Hall–Kier alpha value is -3.33. The molecule has 0 radical (unpaired) electrons. The second kappa shape index (κ2) is 5.14. The fourth-order valence-electron chi connectivity index (χ4n) is 2.55. The van der Waals surface area contributed by atoms with Crippen molar-refractivity contribution in [1.29, 1.82) is 5.26 Å². The van der Waals surface area contributed by atoms with Crippen LogP contribution in [0.5, 0.6) is 0 Å². The number of halogens is 1. The average molecular weight is 309 g/mol. The molecule has 0 saturated heterocycles. The number of carbonyl (C=O) groups is 1. The van der Waals surface area contributed by atoms with Gasteiger partial charge >= 0.3 is 5.97 Å². The molecule has 0 spiro atoms. The first-order chi connectivity index (χ1) is 10.9. The van der Waals surface area contributed by atoms with E-state index in [-0.39, 0.29) is 17.1 Å². The SMILES string of the molecule is Cc1cc2c(C#N)cn(-c3ccc(C(=O)O)c(N)c3)c2cc1F. The van der Waals surface area contributed by atoms with Gasteiger partial charge in [-0.2, -0.15) is 5.26 Å². The van der Waals surface area contributed by atoms with Crippen LogP contribution in [-0.4, -0.2) is 15.6 Å². The van der Waals surface area contributed by atoms with Crippen molar-refractivity contribution in [2.24, 2.45) is 0 Å². The highest BCUT2D eigenvalue weighted by atomic mass is 19.1. The van der Waals surface area contributed by atoms with Crippen LogP contribution in [0.25, 0.3) is 16.6 Å². The molecule has 2 aromatic carbocycles. The van der Waals surface area contributed by atoms with Crippen molar-refractivity contribution in [1.82, 2.24) is 4.57 Å². The highest BCUT2D eigenvalue weighted by Gasteiger charge is 2.14. The number of anilines is 1. The Morgan fingerprint density at radius 1 is 1.35 bits per heavy atom. The number of benzene rings is 2.